The van der Waals surface area contributed by atoms with Crippen LogP contribution in [0.2, 0.25) is 0 Å². The van der Waals surface area contributed by atoms with Crippen LogP contribution in [0.1, 0.15) is 76.1 Å². The van der Waals surface area contributed by atoms with Gasteiger partial charge >= 0.3 is 0 Å². The van der Waals surface area contributed by atoms with E-state index in [9.17, 15) is 9.59 Å². The fraction of sp³-hybridized carbons (Fsp3) is 0.417. The van der Waals surface area contributed by atoms with E-state index in [4.69, 9.17) is 0 Å². The predicted molar refractivity (Wildman–Crippen MR) is 117 cm³/mol. The summed E-state index contributed by atoms with van der Waals surface area (Å²) in [6.07, 6.45) is 5.01. The molecule has 0 N–H and O–H groups in total. The summed E-state index contributed by atoms with van der Waals surface area (Å²) >= 11 is 0. The first kappa shape index (κ1) is 21.5. The van der Waals surface area contributed by atoms with Crippen molar-refractivity contribution in [3.8, 4) is 0 Å². The molecule has 2 aromatic carbocycles. The van der Waals surface area contributed by atoms with E-state index in [2.05, 4.69) is 32.0 Å². The van der Waals surface area contributed by atoms with Gasteiger partial charge in [-0.25, -0.2) is 0 Å². The number of carbonyl (C=O) groups excluding carboxylic acids is 2. The van der Waals surface area contributed by atoms with E-state index < -0.39 is 0 Å². The van der Waals surface area contributed by atoms with Crippen molar-refractivity contribution >= 4 is 19.9 Å². The lowest BCUT2D eigenvalue weighted by Gasteiger charge is -2.12. The Labute approximate surface area is 165 Å². The molecule has 0 saturated carbocycles. The van der Waals surface area contributed by atoms with Crippen LogP contribution in [0, 0.1) is 13.8 Å². The number of unbranched alkanes of at least 4 members (excludes halogenated alkanes) is 1. The maximum absolute atomic E-state index is 12.7. The lowest BCUT2D eigenvalue weighted by atomic mass is 9.92. The van der Waals surface area contributed by atoms with Gasteiger partial charge < -0.3 is 0 Å². The van der Waals surface area contributed by atoms with Crippen molar-refractivity contribution in [2.45, 2.75) is 59.8 Å². The Morgan fingerprint density at radius 1 is 0.815 bits per heavy atom. The standard InChI is InChI=1S/C24H31O2P/c1-5-19-13-10-14-20(6-2)23(19)21(25)15-7-8-16-27-24(26)22-17(3)11-9-12-18(22)4/h9-14,27H,5-8,15-16H2,1-4H3. The highest BCUT2D eigenvalue weighted by atomic mass is 31.1. The van der Waals surface area contributed by atoms with E-state index in [1.807, 2.05) is 32.0 Å². The number of hydrogen-bond acceptors (Lipinski definition) is 2. The van der Waals surface area contributed by atoms with Crippen molar-refractivity contribution in [2.75, 3.05) is 6.16 Å². The molecular weight excluding hydrogens is 351 g/mol. The van der Waals surface area contributed by atoms with Gasteiger partial charge in [-0.05, 0) is 76.5 Å². The first-order valence-electron chi connectivity index (χ1n) is 9.97. The van der Waals surface area contributed by atoms with Crippen molar-refractivity contribution in [2.24, 2.45) is 0 Å². The number of hydrogen-bond donors (Lipinski definition) is 0. The molecule has 0 heterocycles. The molecule has 27 heavy (non-hydrogen) atoms. The zero-order valence-electron chi connectivity index (χ0n) is 17.0. The summed E-state index contributed by atoms with van der Waals surface area (Å²) in [6, 6.07) is 12.2. The Hall–Kier alpha value is -1.79. The van der Waals surface area contributed by atoms with Gasteiger partial charge in [0.1, 0.15) is 0 Å². The van der Waals surface area contributed by atoms with Crippen LogP contribution in [0.4, 0.5) is 0 Å². The largest absolute Gasteiger partial charge is 0.294 e. The van der Waals surface area contributed by atoms with Crippen LogP contribution in [-0.2, 0) is 12.8 Å². The number of benzene rings is 2. The van der Waals surface area contributed by atoms with Gasteiger partial charge in [-0.15, -0.1) is 0 Å². The molecule has 0 saturated heterocycles. The van der Waals surface area contributed by atoms with Gasteiger partial charge in [0, 0.05) is 17.5 Å². The monoisotopic (exact) mass is 382 g/mol. The summed E-state index contributed by atoms with van der Waals surface area (Å²) in [6.45, 7) is 8.21. The molecule has 0 aliphatic rings. The van der Waals surface area contributed by atoms with Crippen molar-refractivity contribution < 1.29 is 9.59 Å². The molecule has 3 heteroatoms. The third kappa shape index (κ3) is 5.59. The maximum atomic E-state index is 12.7. The zero-order valence-corrected chi connectivity index (χ0v) is 18.0. The van der Waals surface area contributed by atoms with Crippen LogP contribution in [0.15, 0.2) is 36.4 Å². The minimum Gasteiger partial charge on any atom is -0.294 e. The molecule has 2 nitrogen and oxygen atoms in total. The summed E-state index contributed by atoms with van der Waals surface area (Å²) in [4.78, 5) is 25.3. The van der Waals surface area contributed by atoms with Gasteiger partial charge in [-0.3, -0.25) is 9.59 Å². The number of ketones is 1. The van der Waals surface area contributed by atoms with E-state index >= 15 is 0 Å². The Morgan fingerprint density at radius 2 is 1.37 bits per heavy atom. The fourth-order valence-corrected chi connectivity index (χ4v) is 4.82. The second kappa shape index (κ2) is 10.5. The van der Waals surface area contributed by atoms with E-state index in [1.165, 1.54) is 0 Å². The molecule has 0 spiro atoms. The number of aryl methyl sites for hydroxylation is 4. The molecule has 1 unspecified atom stereocenters. The number of Topliss-reactive ketones (excluding diaryl/α,β-unsaturated/α-hetero) is 1. The van der Waals surface area contributed by atoms with E-state index in [1.54, 1.807) is 0 Å². The van der Waals surface area contributed by atoms with Crippen LogP contribution < -0.4 is 0 Å². The fourth-order valence-electron chi connectivity index (χ4n) is 3.60. The first-order chi connectivity index (χ1) is 13.0. The molecule has 2 aromatic rings. The maximum Gasteiger partial charge on any atom is 0.181 e. The van der Waals surface area contributed by atoms with Crippen LogP contribution >= 0.6 is 8.58 Å². The normalized spacial score (nSPS) is 11.3. The second-order valence-corrected chi connectivity index (χ2v) is 8.37. The molecule has 144 valence electrons. The zero-order chi connectivity index (χ0) is 19.8. The summed E-state index contributed by atoms with van der Waals surface area (Å²) in [5.74, 6) is 0.258. The first-order valence-corrected chi connectivity index (χ1v) is 11.2. The van der Waals surface area contributed by atoms with Crippen molar-refractivity contribution in [3.63, 3.8) is 0 Å². The molecule has 0 aromatic heterocycles. The van der Waals surface area contributed by atoms with Gasteiger partial charge in [0.05, 0.1) is 0 Å². The number of rotatable bonds is 10. The molecule has 0 aliphatic carbocycles. The predicted octanol–water partition coefficient (Wildman–Crippen LogP) is 6.30. The average molecular weight is 382 g/mol. The van der Waals surface area contributed by atoms with E-state index in [-0.39, 0.29) is 11.3 Å². The minimum atomic E-state index is 0.251. The van der Waals surface area contributed by atoms with Gasteiger partial charge in [0.25, 0.3) is 0 Å². The lowest BCUT2D eigenvalue weighted by Crippen LogP contribution is -2.08. The Bertz CT molecular complexity index is 766. The molecule has 2 rings (SSSR count). The van der Waals surface area contributed by atoms with E-state index in [0.717, 1.165) is 65.2 Å². The highest BCUT2D eigenvalue weighted by Gasteiger charge is 2.15. The molecule has 0 aliphatic heterocycles. The lowest BCUT2D eigenvalue weighted by molar-refractivity contribution is 0.0978. The minimum absolute atomic E-state index is 0.251. The molecule has 0 bridgehead atoms. The Morgan fingerprint density at radius 3 is 1.93 bits per heavy atom. The third-order valence-corrected chi connectivity index (χ3v) is 6.28. The Balaban J connectivity index is 1.86. The van der Waals surface area contributed by atoms with Crippen LogP contribution in [-0.4, -0.2) is 17.5 Å². The molecular formula is C24H31O2P. The quantitative estimate of drug-likeness (QED) is 0.274. The molecule has 0 fully saturated rings. The SMILES string of the molecule is CCc1cccc(CC)c1C(=O)CCCCPC(=O)c1c(C)cccc1C. The van der Waals surface area contributed by atoms with Gasteiger partial charge in [0.2, 0.25) is 0 Å². The Kier molecular flexibility index (Phi) is 8.38. The van der Waals surface area contributed by atoms with Gasteiger partial charge in [-0.2, -0.15) is 0 Å². The summed E-state index contributed by atoms with van der Waals surface area (Å²) < 4.78 is 0. The topological polar surface area (TPSA) is 34.1 Å². The highest BCUT2D eigenvalue weighted by Crippen LogP contribution is 2.26. The highest BCUT2D eigenvalue weighted by molar-refractivity contribution is 7.58. The number of carbonyl (C=O) groups is 2. The summed E-state index contributed by atoms with van der Waals surface area (Å²) in [5, 5.41) is 0. The van der Waals surface area contributed by atoms with E-state index in [0.29, 0.717) is 15.0 Å². The molecule has 0 amide bonds. The third-order valence-electron chi connectivity index (χ3n) is 5.10. The van der Waals surface area contributed by atoms with Crippen molar-refractivity contribution in [3.05, 3.63) is 69.8 Å². The van der Waals surface area contributed by atoms with Crippen molar-refractivity contribution in [1.82, 2.24) is 0 Å². The average Bonchev–Trinajstić information content (AvgIpc) is 2.66. The van der Waals surface area contributed by atoms with Crippen LogP contribution in [0.5, 0.6) is 0 Å². The van der Waals surface area contributed by atoms with Crippen molar-refractivity contribution in [1.29, 1.82) is 0 Å². The summed E-state index contributed by atoms with van der Waals surface area (Å²) in [7, 11) is 0.291. The van der Waals surface area contributed by atoms with Gasteiger partial charge in [-0.1, -0.05) is 50.2 Å². The second-order valence-electron chi connectivity index (χ2n) is 7.06. The molecule has 1 atom stereocenters. The van der Waals surface area contributed by atoms with Crippen LogP contribution in [0.25, 0.3) is 0 Å². The van der Waals surface area contributed by atoms with Crippen LogP contribution in [0.3, 0.4) is 0 Å². The molecule has 0 radical (unpaired) electrons. The summed E-state index contributed by atoms with van der Waals surface area (Å²) in [5.41, 5.74) is 6.52. The van der Waals surface area contributed by atoms with Gasteiger partial charge in [0.15, 0.2) is 11.3 Å². The smallest absolute Gasteiger partial charge is 0.181 e.